The molecule has 0 aliphatic carbocycles. The summed E-state index contributed by atoms with van der Waals surface area (Å²) in [6.45, 7) is 4.28. The van der Waals surface area contributed by atoms with Gasteiger partial charge in [0.25, 0.3) is 5.91 Å². The molecule has 0 saturated heterocycles. The Hall–Kier alpha value is -1.14. The Balaban J connectivity index is 4.16. The summed E-state index contributed by atoms with van der Waals surface area (Å²) < 4.78 is 0. The molecule has 0 rings (SSSR count). The lowest BCUT2D eigenvalue weighted by atomic mass is 10.0. The number of hydrogen-bond donors (Lipinski definition) is 3. The van der Waals surface area contributed by atoms with Crippen LogP contribution >= 0.6 is 0 Å². The van der Waals surface area contributed by atoms with Crippen molar-refractivity contribution < 1.29 is 26.2 Å². The molecule has 1 amide bonds. The molecule has 0 bridgehead atoms. The van der Waals surface area contributed by atoms with E-state index in [4.69, 9.17) is 0 Å². The average molecular weight is 246 g/mol. The maximum absolute atomic E-state index is 11.7. The fourth-order valence-corrected chi connectivity index (χ4v) is 1.47. The number of hydrogen-bond acceptors (Lipinski definition) is 3. The number of carbonyl (C=O) groups is 2. The monoisotopic (exact) mass is 246 g/mol. The number of rotatable bonds is 8. The number of carbonyl (C=O) groups excluding carboxylic acids is 2. The number of carboxylic acid groups (broad SMARTS) is 1. The van der Waals surface area contributed by atoms with E-state index in [9.17, 15) is 14.7 Å². The molecule has 0 aliphatic heterocycles. The third kappa shape index (κ3) is 6.23. The molecule has 6 nitrogen and oxygen atoms in total. The van der Waals surface area contributed by atoms with Gasteiger partial charge in [0.05, 0.1) is 18.6 Å². The molecule has 7 N–H and O–H groups in total. The number of amides is 1. The van der Waals surface area contributed by atoms with Gasteiger partial charge in [-0.25, -0.2) is 0 Å². The maximum atomic E-state index is 11.7. The topological polar surface area (TPSA) is 125 Å². The molecule has 0 saturated carbocycles. The van der Waals surface area contributed by atoms with Crippen LogP contribution < -0.4 is 21.9 Å². The lowest BCUT2D eigenvalue weighted by Gasteiger charge is -2.23. The number of carboxylic acids is 1. The smallest absolute Gasteiger partial charge is 0.278 e. The zero-order valence-electron chi connectivity index (χ0n) is 10.7. The van der Waals surface area contributed by atoms with Crippen molar-refractivity contribution in [2.75, 3.05) is 6.54 Å². The Morgan fingerprint density at radius 1 is 1.29 bits per heavy atom. The van der Waals surface area contributed by atoms with Crippen molar-refractivity contribution in [3.63, 3.8) is 0 Å². The average Bonchev–Trinajstić information content (AvgIpc) is 2.24. The van der Waals surface area contributed by atoms with Crippen LogP contribution in [-0.4, -0.2) is 30.5 Å². The standard InChI is InChI=1S/C11H23N3O3/c1-7(2)9(11(16)17)14-10(15)8(13)5-3-4-6-12/h7-9H,3-6,12-13H2,1-2H3,(H,14,15)(H,16,17)/p+1/t8-,9-/m1/s1. The van der Waals surface area contributed by atoms with E-state index in [1.165, 1.54) is 0 Å². The molecule has 6 heteroatoms. The first kappa shape index (κ1) is 15.9. The molecule has 0 aliphatic rings. The van der Waals surface area contributed by atoms with Gasteiger partial charge in [-0.3, -0.25) is 4.79 Å². The molecule has 0 aromatic heterocycles. The molecule has 0 unspecified atom stereocenters. The van der Waals surface area contributed by atoms with Crippen molar-refractivity contribution in [2.24, 2.45) is 5.92 Å². The van der Waals surface area contributed by atoms with Gasteiger partial charge in [0.2, 0.25) is 0 Å². The van der Waals surface area contributed by atoms with E-state index in [0.717, 1.165) is 19.4 Å². The van der Waals surface area contributed by atoms with Gasteiger partial charge in [-0.2, -0.15) is 0 Å². The number of aliphatic carboxylic acids is 1. The van der Waals surface area contributed by atoms with Crippen molar-refractivity contribution in [1.29, 1.82) is 0 Å². The normalized spacial score (nSPS) is 14.4. The van der Waals surface area contributed by atoms with E-state index < -0.39 is 18.1 Å². The summed E-state index contributed by atoms with van der Waals surface area (Å²) in [5.41, 5.74) is 7.45. The predicted octanol–water partition coefficient (Wildman–Crippen LogP) is -3.10. The highest BCUT2D eigenvalue weighted by Gasteiger charge is 2.23. The van der Waals surface area contributed by atoms with Crippen LogP contribution in [0.15, 0.2) is 0 Å². The first-order chi connectivity index (χ1) is 7.90. The van der Waals surface area contributed by atoms with Crippen molar-refractivity contribution in [2.45, 2.75) is 45.2 Å². The van der Waals surface area contributed by atoms with Gasteiger partial charge in [-0.15, -0.1) is 0 Å². The Labute approximate surface area is 102 Å². The van der Waals surface area contributed by atoms with Gasteiger partial charge in [0.1, 0.15) is 0 Å². The molecule has 0 aromatic rings. The summed E-state index contributed by atoms with van der Waals surface area (Å²) in [5.74, 6) is -1.77. The fraction of sp³-hybridized carbons (Fsp3) is 0.818. The number of quaternary nitrogens is 2. The van der Waals surface area contributed by atoms with E-state index in [2.05, 4.69) is 16.8 Å². The van der Waals surface area contributed by atoms with Crippen molar-refractivity contribution in [3.05, 3.63) is 0 Å². The van der Waals surface area contributed by atoms with E-state index in [0.29, 0.717) is 6.42 Å². The summed E-state index contributed by atoms with van der Waals surface area (Å²) in [6, 6.07) is -1.36. The first-order valence-electron chi connectivity index (χ1n) is 6.03. The van der Waals surface area contributed by atoms with Crippen molar-refractivity contribution in [3.8, 4) is 0 Å². The summed E-state index contributed by atoms with van der Waals surface area (Å²) in [6.07, 6.45) is 2.48. The summed E-state index contributed by atoms with van der Waals surface area (Å²) in [7, 11) is 0. The van der Waals surface area contributed by atoms with E-state index in [-0.39, 0.29) is 11.8 Å². The van der Waals surface area contributed by atoms with E-state index >= 15 is 0 Å². The lowest BCUT2D eigenvalue weighted by molar-refractivity contribution is -0.406. The fourth-order valence-electron chi connectivity index (χ4n) is 1.47. The summed E-state index contributed by atoms with van der Waals surface area (Å²) in [5, 5.41) is 13.3. The molecule has 0 spiro atoms. The second-order valence-corrected chi connectivity index (χ2v) is 4.60. The Morgan fingerprint density at radius 2 is 1.88 bits per heavy atom. The highest BCUT2D eigenvalue weighted by atomic mass is 16.4. The second kappa shape index (κ2) is 8.03. The van der Waals surface area contributed by atoms with Gasteiger partial charge < -0.3 is 26.7 Å². The zero-order chi connectivity index (χ0) is 13.4. The highest BCUT2D eigenvalue weighted by Crippen LogP contribution is 2.02. The van der Waals surface area contributed by atoms with Gasteiger partial charge >= 0.3 is 0 Å². The molecule has 0 heterocycles. The predicted molar refractivity (Wildman–Crippen MR) is 60.1 cm³/mol. The van der Waals surface area contributed by atoms with Crippen molar-refractivity contribution >= 4 is 11.9 Å². The van der Waals surface area contributed by atoms with Gasteiger partial charge in [0.15, 0.2) is 6.04 Å². The van der Waals surface area contributed by atoms with Crippen LogP contribution in [0.3, 0.4) is 0 Å². The quantitative estimate of drug-likeness (QED) is 0.393. The van der Waals surface area contributed by atoms with Gasteiger partial charge in [-0.1, -0.05) is 13.8 Å². The van der Waals surface area contributed by atoms with Crippen LogP contribution in [0.1, 0.15) is 33.1 Å². The van der Waals surface area contributed by atoms with Gasteiger partial charge in [-0.05, 0) is 18.8 Å². The van der Waals surface area contributed by atoms with Crippen LogP contribution in [0.2, 0.25) is 0 Å². The number of nitrogens with one attached hydrogen (secondary N) is 1. The second-order valence-electron chi connectivity index (χ2n) is 4.60. The SMILES string of the molecule is CC(C)[C@@H](NC(=O)[C@H]([NH3+])CCCC[NH3+])C(=O)[O-]. The summed E-state index contributed by atoms with van der Waals surface area (Å²) >= 11 is 0. The molecule has 0 aromatic carbocycles. The van der Waals surface area contributed by atoms with E-state index in [1.54, 1.807) is 13.8 Å². The van der Waals surface area contributed by atoms with Crippen molar-refractivity contribution in [1.82, 2.24) is 5.32 Å². The van der Waals surface area contributed by atoms with Crippen LogP contribution in [0.5, 0.6) is 0 Å². The Bertz CT molecular complexity index is 256. The highest BCUT2D eigenvalue weighted by molar-refractivity contribution is 5.85. The van der Waals surface area contributed by atoms with Crippen LogP contribution in [0.4, 0.5) is 0 Å². The molecule has 17 heavy (non-hydrogen) atoms. The van der Waals surface area contributed by atoms with E-state index in [1.807, 2.05) is 0 Å². The minimum absolute atomic E-state index is 0.198. The maximum Gasteiger partial charge on any atom is 0.278 e. The number of unbranched alkanes of at least 4 members (excludes halogenated alkanes) is 1. The zero-order valence-corrected chi connectivity index (χ0v) is 10.7. The minimum Gasteiger partial charge on any atom is -0.548 e. The van der Waals surface area contributed by atoms with Gasteiger partial charge in [0, 0.05) is 6.42 Å². The Morgan fingerprint density at radius 3 is 2.29 bits per heavy atom. The lowest BCUT2D eigenvalue weighted by Crippen LogP contribution is -2.69. The first-order valence-corrected chi connectivity index (χ1v) is 6.03. The van der Waals surface area contributed by atoms with Crippen LogP contribution in [0, 0.1) is 5.92 Å². The molecular formula is C11H24N3O3+. The molecule has 0 fully saturated rings. The Kier molecular flexibility index (Phi) is 7.49. The molecule has 0 radical (unpaired) electrons. The largest absolute Gasteiger partial charge is 0.548 e. The third-order valence-electron chi connectivity index (χ3n) is 2.64. The molecular weight excluding hydrogens is 222 g/mol. The molecule has 2 atom stereocenters. The third-order valence-corrected chi connectivity index (χ3v) is 2.64. The van der Waals surface area contributed by atoms with Crippen LogP contribution in [0.25, 0.3) is 0 Å². The molecule has 100 valence electrons. The minimum atomic E-state index is -1.25. The summed E-state index contributed by atoms with van der Waals surface area (Å²) in [4.78, 5) is 22.5. The van der Waals surface area contributed by atoms with Crippen LogP contribution in [-0.2, 0) is 9.59 Å².